The highest BCUT2D eigenvalue weighted by Gasteiger charge is 2.18. The Morgan fingerprint density at radius 1 is 1.50 bits per heavy atom. The van der Waals surface area contributed by atoms with E-state index in [0.717, 1.165) is 13.0 Å². The lowest BCUT2D eigenvalue weighted by Crippen LogP contribution is -2.39. The van der Waals surface area contributed by atoms with E-state index in [0.29, 0.717) is 13.0 Å². The second kappa shape index (κ2) is 6.27. The molecule has 1 unspecified atom stereocenters. The molecule has 0 spiro atoms. The first-order valence-corrected chi connectivity index (χ1v) is 5.50. The Hall–Kier alpha value is -1.36. The molecule has 1 aliphatic heterocycles. The SMILES string of the molecule is CN1CC=CCC1CC(=O)NCCC(N)=O. The van der Waals surface area contributed by atoms with Gasteiger partial charge in [-0.2, -0.15) is 0 Å². The maximum absolute atomic E-state index is 11.5. The van der Waals surface area contributed by atoms with Gasteiger partial charge in [0.05, 0.1) is 0 Å². The van der Waals surface area contributed by atoms with Gasteiger partial charge in [-0.15, -0.1) is 0 Å². The van der Waals surface area contributed by atoms with Crippen molar-refractivity contribution in [1.29, 1.82) is 0 Å². The molecule has 0 fully saturated rings. The Morgan fingerprint density at radius 2 is 2.25 bits per heavy atom. The fourth-order valence-electron chi connectivity index (χ4n) is 1.67. The standard InChI is InChI=1S/C11H19N3O2/c1-14-7-3-2-4-9(14)8-11(16)13-6-5-10(12)15/h2-3,9H,4-8H2,1H3,(H2,12,15)(H,13,16). The van der Waals surface area contributed by atoms with Gasteiger partial charge >= 0.3 is 0 Å². The van der Waals surface area contributed by atoms with Crippen molar-refractivity contribution in [3.63, 3.8) is 0 Å². The summed E-state index contributed by atoms with van der Waals surface area (Å²) in [4.78, 5) is 24.1. The van der Waals surface area contributed by atoms with E-state index in [-0.39, 0.29) is 18.4 Å². The van der Waals surface area contributed by atoms with E-state index in [4.69, 9.17) is 5.73 Å². The van der Waals surface area contributed by atoms with Crippen LogP contribution < -0.4 is 11.1 Å². The molecular weight excluding hydrogens is 206 g/mol. The topological polar surface area (TPSA) is 75.4 Å². The van der Waals surface area contributed by atoms with Crippen LogP contribution in [-0.4, -0.2) is 42.9 Å². The second-order valence-electron chi connectivity index (χ2n) is 4.07. The molecule has 0 aromatic heterocycles. The highest BCUT2D eigenvalue weighted by atomic mass is 16.2. The number of carbonyl (C=O) groups is 2. The molecular formula is C11H19N3O2. The van der Waals surface area contributed by atoms with Crippen LogP contribution in [0.2, 0.25) is 0 Å². The Labute approximate surface area is 95.7 Å². The van der Waals surface area contributed by atoms with Gasteiger partial charge in [0.1, 0.15) is 0 Å². The van der Waals surface area contributed by atoms with Gasteiger partial charge < -0.3 is 11.1 Å². The van der Waals surface area contributed by atoms with E-state index < -0.39 is 5.91 Å². The molecule has 5 nitrogen and oxygen atoms in total. The zero-order chi connectivity index (χ0) is 12.0. The molecule has 0 aliphatic carbocycles. The Bertz CT molecular complexity index is 289. The summed E-state index contributed by atoms with van der Waals surface area (Å²) in [5, 5.41) is 2.69. The summed E-state index contributed by atoms with van der Waals surface area (Å²) in [5.41, 5.74) is 4.98. The van der Waals surface area contributed by atoms with Gasteiger partial charge in [0.25, 0.3) is 0 Å². The molecule has 1 atom stereocenters. The van der Waals surface area contributed by atoms with Crippen molar-refractivity contribution in [3.05, 3.63) is 12.2 Å². The molecule has 3 N–H and O–H groups in total. The van der Waals surface area contributed by atoms with E-state index in [9.17, 15) is 9.59 Å². The van der Waals surface area contributed by atoms with Crippen LogP contribution in [0.25, 0.3) is 0 Å². The number of nitrogens with zero attached hydrogens (tertiary/aromatic N) is 1. The Balaban J connectivity index is 2.23. The molecule has 0 saturated carbocycles. The summed E-state index contributed by atoms with van der Waals surface area (Å²) < 4.78 is 0. The highest BCUT2D eigenvalue weighted by Crippen LogP contribution is 2.12. The fourth-order valence-corrected chi connectivity index (χ4v) is 1.67. The first-order chi connectivity index (χ1) is 7.59. The predicted molar refractivity (Wildman–Crippen MR) is 61.6 cm³/mol. The van der Waals surface area contributed by atoms with Crippen molar-refractivity contribution in [2.24, 2.45) is 5.73 Å². The number of primary amides is 1. The Kier molecular flexibility index (Phi) is 4.98. The summed E-state index contributed by atoms with van der Waals surface area (Å²) in [5.74, 6) is -0.411. The van der Waals surface area contributed by atoms with Crippen molar-refractivity contribution in [1.82, 2.24) is 10.2 Å². The maximum Gasteiger partial charge on any atom is 0.221 e. The predicted octanol–water partition coefficient (Wildman–Crippen LogP) is -0.372. The van der Waals surface area contributed by atoms with Gasteiger partial charge in [0.2, 0.25) is 11.8 Å². The lowest BCUT2D eigenvalue weighted by Gasteiger charge is -2.28. The van der Waals surface area contributed by atoms with Gasteiger partial charge in [-0.3, -0.25) is 14.5 Å². The van der Waals surface area contributed by atoms with E-state index >= 15 is 0 Å². The number of hydrogen-bond donors (Lipinski definition) is 2. The molecule has 0 saturated heterocycles. The highest BCUT2D eigenvalue weighted by molar-refractivity contribution is 5.78. The third-order valence-corrected chi connectivity index (χ3v) is 2.71. The molecule has 5 heteroatoms. The number of likely N-dealkylation sites (N-methyl/N-ethyl adjacent to an activating group) is 1. The molecule has 0 bridgehead atoms. The zero-order valence-corrected chi connectivity index (χ0v) is 9.61. The third kappa shape index (κ3) is 4.44. The molecule has 0 aromatic rings. The third-order valence-electron chi connectivity index (χ3n) is 2.71. The largest absolute Gasteiger partial charge is 0.370 e. The lowest BCUT2D eigenvalue weighted by atomic mass is 10.1. The molecule has 0 aromatic carbocycles. The number of carbonyl (C=O) groups excluding carboxylic acids is 2. The summed E-state index contributed by atoms with van der Waals surface area (Å²) >= 11 is 0. The van der Waals surface area contributed by atoms with Crippen LogP contribution in [0.15, 0.2) is 12.2 Å². The van der Waals surface area contributed by atoms with Crippen LogP contribution >= 0.6 is 0 Å². The summed E-state index contributed by atoms with van der Waals surface area (Å²) in [6, 6.07) is 0.263. The lowest BCUT2D eigenvalue weighted by molar-refractivity contribution is -0.122. The van der Waals surface area contributed by atoms with Gasteiger partial charge in [-0.1, -0.05) is 12.2 Å². The number of nitrogens with one attached hydrogen (secondary N) is 1. The van der Waals surface area contributed by atoms with Crippen LogP contribution in [0.4, 0.5) is 0 Å². The second-order valence-corrected chi connectivity index (χ2v) is 4.07. The summed E-state index contributed by atoms with van der Waals surface area (Å²) in [6.07, 6.45) is 5.77. The van der Waals surface area contributed by atoms with E-state index in [1.54, 1.807) is 0 Å². The van der Waals surface area contributed by atoms with E-state index in [1.807, 2.05) is 7.05 Å². The molecule has 2 amide bonds. The van der Waals surface area contributed by atoms with E-state index in [2.05, 4.69) is 22.4 Å². The van der Waals surface area contributed by atoms with Crippen LogP contribution in [0.1, 0.15) is 19.3 Å². The first kappa shape index (κ1) is 12.7. The van der Waals surface area contributed by atoms with Crippen molar-refractivity contribution in [3.8, 4) is 0 Å². The minimum absolute atomic E-state index is 0.0200. The summed E-state index contributed by atoms with van der Waals surface area (Å²) in [6.45, 7) is 1.22. The zero-order valence-electron chi connectivity index (χ0n) is 9.61. The van der Waals surface area contributed by atoms with Crippen LogP contribution in [0, 0.1) is 0 Å². The van der Waals surface area contributed by atoms with E-state index in [1.165, 1.54) is 0 Å². The average molecular weight is 225 g/mol. The van der Waals surface area contributed by atoms with Crippen LogP contribution in [0.3, 0.4) is 0 Å². The van der Waals surface area contributed by atoms with Gasteiger partial charge in [-0.05, 0) is 13.5 Å². The van der Waals surface area contributed by atoms with Crippen molar-refractivity contribution in [2.45, 2.75) is 25.3 Å². The monoisotopic (exact) mass is 225 g/mol. The molecule has 1 aliphatic rings. The number of rotatable bonds is 5. The number of hydrogen-bond acceptors (Lipinski definition) is 3. The number of nitrogens with two attached hydrogens (primary N) is 1. The quantitative estimate of drug-likeness (QED) is 0.627. The van der Waals surface area contributed by atoms with Crippen molar-refractivity contribution >= 4 is 11.8 Å². The number of amides is 2. The smallest absolute Gasteiger partial charge is 0.221 e. The van der Waals surface area contributed by atoms with Crippen molar-refractivity contribution in [2.75, 3.05) is 20.1 Å². The molecule has 90 valence electrons. The Morgan fingerprint density at radius 3 is 2.88 bits per heavy atom. The molecule has 1 rings (SSSR count). The molecule has 0 radical (unpaired) electrons. The van der Waals surface area contributed by atoms with Crippen molar-refractivity contribution < 1.29 is 9.59 Å². The van der Waals surface area contributed by atoms with Gasteiger partial charge in [0, 0.05) is 32.0 Å². The maximum atomic E-state index is 11.5. The normalized spacial score (nSPS) is 20.7. The van der Waals surface area contributed by atoms with Gasteiger partial charge in [0.15, 0.2) is 0 Å². The molecule has 16 heavy (non-hydrogen) atoms. The minimum atomic E-state index is -0.391. The van der Waals surface area contributed by atoms with Crippen LogP contribution in [0.5, 0.6) is 0 Å². The molecule has 1 heterocycles. The average Bonchev–Trinajstić information content (AvgIpc) is 2.21. The van der Waals surface area contributed by atoms with Gasteiger partial charge in [-0.25, -0.2) is 0 Å². The minimum Gasteiger partial charge on any atom is -0.370 e. The fraction of sp³-hybridized carbons (Fsp3) is 0.636. The summed E-state index contributed by atoms with van der Waals surface area (Å²) in [7, 11) is 2.00. The first-order valence-electron chi connectivity index (χ1n) is 5.50. The van der Waals surface area contributed by atoms with Crippen LogP contribution in [-0.2, 0) is 9.59 Å².